The summed E-state index contributed by atoms with van der Waals surface area (Å²) in [6, 6.07) is 16.6. The van der Waals surface area contributed by atoms with Gasteiger partial charge in [-0.1, -0.05) is 30.3 Å². The molecular weight excluding hydrogens is 416 g/mol. The number of rotatable bonds is 7. The number of nitrogens with one attached hydrogen (secondary N) is 1. The molecule has 0 unspecified atom stereocenters. The number of carbonyl (C=O) groups excluding carboxylic acids is 1. The number of aryl methyl sites for hydroxylation is 2. The van der Waals surface area contributed by atoms with E-state index >= 15 is 0 Å². The predicted molar refractivity (Wildman–Crippen MR) is 117 cm³/mol. The van der Waals surface area contributed by atoms with Gasteiger partial charge in [0.1, 0.15) is 17.2 Å². The summed E-state index contributed by atoms with van der Waals surface area (Å²) >= 11 is 0. The van der Waals surface area contributed by atoms with E-state index in [2.05, 4.69) is 5.32 Å². The van der Waals surface area contributed by atoms with Crippen LogP contribution in [0.25, 0.3) is 0 Å². The van der Waals surface area contributed by atoms with Crippen molar-refractivity contribution in [3.8, 4) is 5.75 Å². The van der Waals surface area contributed by atoms with Crippen LogP contribution in [0.15, 0.2) is 75.2 Å². The van der Waals surface area contributed by atoms with Gasteiger partial charge < -0.3 is 14.6 Å². The van der Waals surface area contributed by atoms with E-state index in [4.69, 9.17) is 4.74 Å². The summed E-state index contributed by atoms with van der Waals surface area (Å²) in [7, 11) is -2.46. The third-order valence-electron chi connectivity index (χ3n) is 4.90. The highest BCUT2D eigenvalue weighted by Gasteiger charge is 2.26. The van der Waals surface area contributed by atoms with Crippen LogP contribution in [-0.4, -0.2) is 26.0 Å². The largest absolute Gasteiger partial charge is 0.497 e. The van der Waals surface area contributed by atoms with Crippen molar-refractivity contribution in [1.82, 2.24) is 9.88 Å². The number of pyridine rings is 1. The number of nitrogens with zero attached hydrogens (tertiary/aromatic N) is 1. The fourth-order valence-corrected chi connectivity index (χ4v) is 4.91. The van der Waals surface area contributed by atoms with Gasteiger partial charge in [0, 0.05) is 12.2 Å². The molecule has 0 saturated heterocycles. The van der Waals surface area contributed by atoms with Crippen LogP contribution in [0.3, 0.4) is 0 Å². The minimum absolute atomic E-state index is 0.0353. The van der Waals surface area contributed by atoms with Gasteiger partial charge in [0.25, 0.3) is 5.56 Å². The van der Waals surface area contributed by atoms with Crippen molar-refractivity contribution >= 4 is 15.7 Å². The van der Waals surface area contributed by atoms with Crippen molar-refractivity contribution in [2.45, 2.75) is 36.7 Å². The third-order valence-corrected chi connectivity index (χ3v) is 6.82. The Hall–Kier alpha value is -3.39. The molecule has 1 heterocycles. The van der Waals surface area contributed by atoms with Gasteiger partial charge in [-0.2, -0.15) is 0 Å². The molecule has 0 bridgehead atoms. The molecule has 3 rings (SSSR count). The van der Waals surface area contributed by atoms with Gasteiger partial charge >= 0.3 is 0 Å². The smallest absolute Gasteiger partial charge is 0.270 e. The summed E-state index contributed by atoms with van der Waals surface area (Å²) in [6.45, 7) is 3.22. The summed E-state index contributed by atoms with van der Waals surface area (Å²) in [5.41, 5.74) is 0.983. The summed E-state index contributed by atoms with van der Waals surface area (Å²) < 4.78 is 32.5. The van der Waals surface area contributed by atoms with Gasteiger partial charge in [-0.15, -0.1) is 0 Å². The first-order chi connectivity index (χ1) is 14.7. The van der Waals surface area contributed by atoms with E-state index in [-0.39, 0.29) is 22.9 Å². The van der Waals surface area contributed by atoms with Crippen LogP contribution < -0.4 is 15.6 Å². The molecule has 162 valence electrons. The van der Waals surface area contributed by atoms with E-state index in [0.717, 1.165) is 5.56 Å². The summed E-state index contributed by atoms with van der Waals surface area (Å²) in [6.07, 6.45) is 0. The highest BCUT2D eigenvalue weighted by Crippen LogP contribution is 2.21. The molecule has 0 spiro atoms. The fourth-order valence-electron chi connectivity index (χ4n) is 3.33. The molecule has 7 nitrogen and oxygen atoms in total. The lowest BCUT2D eigenvalue weighted by Crippen LogP contribution is -2.35. The highest BCUT2D eigenvalue weighted by atomic mass is 32.2. The Morgan fingerprint density at radius 2 is 1.74 bits per heavy atom. The van der Waals surface area contributed by atoms with Gasteiger partial charge in [0.15, 0.2) is 0 Å². The van der Waals surface area contributed by atoms with Crippen LogP contribution in [0.5, 0.6) is 5.75 Å². The average molecular weight is 441 g/mol. The van der Waals surface area contributed by atoms with Crippen LogP contribution >= 0.6 is 0 Å². The van der Waals surface area contributed by atoms with Crippen LogP contribution in [0, 0.1) is 13.8 Å². The number of benzene rings is 2. The highest BCUT2D eigenvalue weighted by molar-refractivity contribution is 7.91. The Labute approximate surface area is 181 Å². The van der Waals surface area contributed by atoms with Crippen molar-refractivity contribution in [2.24, 2.45) is 0 Å². The average Bonchev–Trinajstić information content (AvgIpc) is 2.75. The van der Waals surface area contributed by atoms with Crippen molar-refractivity contribution in [2.75, 3.05) is 7.11 Å². The van der Waals surface area contributed by atoms with Crippen LogP contribution in [-0.2, 0) is 27.7 Å². The zero-order valence-corrected chi connectivity index (χ0v) is 18.4. The molecule has 1 amide bonds. The molecule has 1 aromatic heterocycles. The lowest BCUT2D eigenvalue weighted by Gasteiger charge is -2.15. The maximum atomic E-state index is 13.1. The first-order valence-corrected chi connectivity index (χ1v) is 11.1. The predicted octanol–water partition coefficient (Wildman–Crippen LogP) is 2.62. The molecule has 0 aliphatic rings. The van der Waals surface area contributed by atoms with Gasteiger partial charge in [-0.25, -0.2) is 8.42 Å². The van der Waals surface area contributed by atoms with E-state index in [0.29, 0.717) is 17.0 Å². The first kappa shape index (κ1) is 22.3. The van der Waals surface area contributed by atoms with Gasteiger partial charge in [-0.05, 0) is 55.3 Å². The molecular formula is C23H24N2O5S. The van der Waals surface area contributed by atoms with Crippen molar-refractivity contribution in [3.05, 3.63) is 87.8 Å². The van der Waals surface area contributed by atoms with Crippen molar-refractivity contribution in [1.29, 1.82) is 0 Å². The number of hydrogen-bond donors (Lipinski definition) is 1. The lowest BCUT2D eigenvalue weighted by atomic mass is 10.2. The first-order valence-electron chi connectivity index (χ1n) is 9.65. The molecule has 31 heavy (non-hydrogen) atoms. The number of ether oxygens (including phenoxy) is 1. The molecule has 3 aromatic rings. The van der Waals surface area contributed by atoms with E-state index in [1.165, 1.54) is 16.7 Å². The fraction of sp³-hybridized carbons (Fsp3) is 0.217. The topological polar surface area (TPSA) is 94.5 Å². The van der Waals surface area contributed by atoms with E-state index < -0.39 is 21.3 Å². The van der Waals surface area contributed by atoms with Gasteiger partial charge in [0.2, 0.25) is 15.7 Å². The van der Waals surface area contributed by atoms with E-state index in [1.807, 2.05) is 12.1 Å². The SMILES string of the molecule is COc1cccc(CNC(=O)Cn2c(C)cc(C)c(S(=O)(=O)c3ccccc3)c2=O)c1. The number of methoxy groups -OCH3 is 1. The van der Waals surface area contributed by atoms with E-state index in [9.17, 15) is 18.0 Å². The molecule has 0 saturated carbocycles. The minimum atomic E-state index is -4.02. The van der Waals surface area contributed by atoms with E-state index in [1.54, 1.807) is 57.4 Å². The second-order valence-corrected chi connectivity index (χ2v) is 9.02. The lowest BCUT2D eigenvalue weighted by molar-refractivity contribution is -0.121. The zero-order valence-electron chi connectivity index (χ0n) is 17.6. The van der Waals surface area contributed by atoms with Crippen LogP contribution in [0.2, 0.25) is 0 Å². The molecule has 0 aliphatic carbocycles. The Balaban J connectivity index is 1.87. The van der Waals surface area contributed by atoms with Crippen molar-refractivity contribution < 1.29 is 17.9 Å². The maximum absolute atomic E-state index is 13.1. The molecule has 0 atom stereocenters. The second-order valence-electron chi connectivity index (χ2n) is 7.13. The minimum Gasteiger partial charge on any atom is -0.497 e. The third kappa shape index (κ3) is 4.86. The maximum Gasteiger partial charge on any atom is 0.270 e. The van der Waals surface area contributed by atoms with Gasteiger partial charge in [0.05, 0.1) is 12.0 Å². The van der Waals surface area contributed by atoms with Crippen molar-refractivity contribution in [3.63, 3.8) is 0 Å². The van der Waals surface area contributed by atoms with Crippen LogP contribution in [0.4, 0.5) is 0 Å². The number of sulfone groups is 1. The standard InChI is InChI=1S/C23H24N2O5S/c1-16-12-17(2)25(15-21(26)24-14-18-8-7-9-19(13-18)30-3)23(27)22(16)31(28,29)20-10-5-4-6-11-20/h4-13H,14-15H2,1-3H3,(H,24,26). The number of amides is 1. The molecule has 0 radical (unpaired) electrons. The zero-order chi connectivity index (χ0) is 22.6. The normalized spacial score (nSPS) is 11.2. The molecule has 0 aliphatic heterocycles. The molecule has 1 N–H and O–H groups in total. The molecule has 0 fully saturated rings. The Bertz CT molecular complexity index is 1260. The summed E-state index contributed by atoms with van der Waals surface area (Å²) in [5, 5.41) is 2.75. The number of aromatic nitrogens is 1. The number of hydrogen-bond acceptors (Lipinski definition) is 5. The Kier molecular flexibility index (Phi) is 6.60. The summed E-state index contributed by atoms with van der Waals surface area (Å²) in [5.74, 6) is 0.271. The summed E-state index contributed by atoms with van der Waals surface area (Å²) in [4.78, 5) is 25.3. The molecule has 8 heteroatoms. The Morgan fingerprint density at radius 1 is 1.03 bits per heavy atom. The van der Waals surface area contributed by atoms with Gasteiger partial charge in [-0.3, -0.25) is 9.59 Å². The quantitative estimate of drug-likeness (QED) is 0.610. The second kappa shape index (κ2) is 9.18. The molecule has 2 aromatic carbocycles. The monoisotopic (exact) mass is 440 g/mol. The Morgan fingerprint density at radius 3 is 2.42 bits per heavy atom. The van der Waals surface area contributed by atoms with Crippen LogP contribution in [0.1, 0.15) is 16.8 Å². The number of carbonyl (C=O) groups is 1.